The van der Waals surface area contributed by atoms with E-state index in [1.54, 1.807) is 11.6 Å². The lowest BCUT2D eigenvalue weighted by Crippen LogP contribution is -2.42. The van der Waals surface area contributed by atoms with Crippen LogP contribution >= 0.6 is 11.6 Å². The van der Waals surface area contributed by atoms with Crippen molar-refractivity contribution in [2.75, 3.05) is 6.61 Å². The van der Waals surface area contributed by atoms with Gasteiger partial charge in [0.25, 0.3) is 5.91 Å². The fourth-order valence-electron chi connectivity index (χ4n) is 3.87. The minimum absolute atomic E-state index is 0.0281. The highest BCUT2D eigenvalue weighted by atomic mass is 35.5. The predicted octanol–water partition coefficient (Wildman–Crippen LogP) is 2.43. The van der Waals surface area contributed by atoms with Gasteiger partial charge in [-0.05, 0) is 24.1 Å². The smallest absolute Gasteiger partial charge is 0.279 e. The number of ether oxygens (including phenoxy) is 1. The summed E-state index contributed by atoms with van der Waals surface area (Å²) in [4.78, 5) is 34.8. The topological polar surface area (TPSA) is 103 Å². The van der Waals surface area contributed by atoms with Crippen molar-refractivity contribution < 1.29 is 18.8 Å². The number of halogens is 1. The first kappa shape index (κ1) is 19.0. The van der Waals surface area contributed by atoms with E-state index in [0.717, 1.165) is 10.5 Å². The number of aryl methyl sites for hydroxylation is 1. The van der Waals surface area contributed by atoms with E-state index in [9.17, 15) is 9.59 Å². The fraction of sp³-hybridized carbons (Fsp3) is 0.350. The number of hydrogen-bond donors (Lipinski definition) is 0. The summed E-state index contributed by atoms with van der Waals surface area (Å²) in [6.45, 7) is 0.399. The van der Waals surface area contributed by atoms with Gasteiger partial charge >= 0.3 is 0 Å². The number of rotatable bonds is 4. The molecule has 0 spiro atoms. The molecular weight excluding hydrogens is 410 g/mol. The average Bonchev–Trinajstić information content (AvgIpc) is 3.46. The monoisotopic (exact) mass is 427 g/mol. The molecule has 2 amide bonds. The zero-order valence-electron chi connectivity index (χ0n) is 16.1. The Hall–Kier alpha value is -3.04. The maximum absolute atomic E-state index is 12.7. The maximum Gasteiger partial charge on any atom is 0.279 e. The Kier molecular flexibility index (Phi) is 4.63. The number of benzene rings is 1. The van der Waals surface area contributed by atoms with Gasteiger partial charge in [0.05, 0.1) is 31.2 Å². The van der Waals surface area contributed by atoms with E-state index in [4.69, 9.17) is 20.9 Å². The van der Waals surface area contributed by atoms with Crippen LogP contribution in [0, 0.1) is 0 Å². The Balaban J connectivity index is 1.28. The SMILES string of the molecule is Cn1cnc2c1C(=O)N(Cc1nc([C@@H]3CO[C@@H](c4ccc(Cl)cc4)C3)no1)C(=O)C2. The van der Waals surface area contributed by atoms with Gasteiger partial charge in [0.2, 0.25) is 11.8 Å². The third kappa shape index (κ3) is 3.29. The molecule has 1 fully saturated rings. The first-order valence-electron chi connectivity index (χ1n) is 9.54. The van der Waals surface area contributed by atoms with Crippen LogP contribution in [-0.4, -0.2) is 43.0 Å². The van der Waals surface area contributed by atoms with Gasteiger partial charge in [-0.25, -0.2) is 4.98 Å². The summed E-state index contributed by atoms with van der Waals surface area (Å²) in [5.41, 5.74) is 1.94. The Bertz CT molecular complexity index is 1120. The Morgan fingerprint density at radius 2 is 2.03 bits per heavy atom. The predicted molar refractivity (Wildman–Crippen MR) is 104 cm³/mol. The lowest BCUT2D eigenvalue weighted by molar-refractivity contribution is -0.129. The van der Waals surface area contributed by atoms with E-state index < -0.39 is 5.91 Å². The van der Waals surface area contributed by atoms with Crippen molar-refractivity contribution in [1.29, 1.82) is 0 Å². The summed E-state index contributed by atoms with van der Waals surface area (Å²) in [5.74, 6) is -0.0441. The van der Waals surface area contributed by atoms with Crippen LogP contribution in [0.15, 0.2) is 35.1 Å². The van der Waals surface area contributed by atoms with E-state index in [1.807, 2.05) is 24.3 Å². The van der Waals surface area contributed by atoms with E-state index >= 15 is 0 Å². The van der Waals surface area contributed by atoms with Crippen LogP contribution in [0.25, 0.3) is 0 Å². The Morgan fingerprint density at radius 1 is 1.23 bits per heavy atom. The third-order valence-electron chi connectivity index (χ3n) is 5.46. The first-order valence-corrected chi connectivity index (χ1v) is 9.92. The summed E-state index contributed by atoms with van der Waals surface area (Å²) in [5, 5.41) is 4.73. The third-order valence-corrected chi connectivity index (χ3v) is 5.71. The number of nitrogens with zero attached hydrogens (tertiary/aromatic N) is 5. The molecule has 0 saturated carbocycles. The molecule has 2 atom stereocenters. The second-order valence-electron chi connectivity index (χ2n) is 7.47. The minimum atomic E-state index is -0.409. The van der Waals surface area contributed by atoms with Crippen LogP contribution in [0.4, 0.5) is 0 Å². The van der Waals surface area contributed by atoms with Gasteiger partial charge in [-0.3, -0.25) is 14.5 Å². The molecule has 2 aliphatic rings. The molecular formula is C20H18ClN5O4. The van der Waals surface area contributed by atoms with Gasteiger partial charge in [-0.1, -0.05) is 28.9 Å². The van der Waals surface area contributed by atoms with Crippen molar-refractivity contribution in [3.63, 3.8) is 0 Å². The maximum atomic E-state index is 12.7. The van der Waals surface area contributed by atoms with Crippen LogP contribution in [0.5, 0.6) is 0 Å². The summed E-state index contributed by atoms with van der Waals surface area (Å²) < 4.78 is 12.8. The van der Waals surface area contributed by atoms with Crippen LogP contribution in [0.1, 0.15) is 51.9 Å². The second kappa shape index (κ2) is 7.33. The molecule has 0 N–H and O–H groups in total. The van der Waals surface area contributed by atoms with Gasteiger partial charge in [0, 0.05) is 18.0 Å². The Morgan fingerprint density at radius 3 is 2.83 bits per heavy atom. The number of imidazole rings is 1. The van der Waals surface area contributed by atoms with E-state index in [2.05, 4.69) is 15.1 Å². The summed E-state index contributed by atoms with van der Waals surface area (Å²) >= 11 is 5.95. The summed E-state index contributed by atoms with van der Waals surface area (Å²) in [6, 6.07) is 7.55. The van der Waals surface area contributed by atoms with Gasteiger partial charge in [0.1, 0.15) is 12.2 Å². The number of amides is 2. The highest BCUT2D eigenvalue weighted by molar-refractivity contribution is 6.30. The standard InChI is InChI=1S/C20H18ClN5O4/c1-25-10-22-14-7-17(27)26(20(28)18(14)25)8-16-23-19(24-30-16)12-6-15(29-9-12)11-2-4-13(21)5-3-11/h2-5,10,12,15H,6-9H2,1H3/t12-,15+/m0/s1. The Labute approximate surface area is 176 Å². The molecule has 9 nitrogen and oxygen atoms in total. The summed E-state index contributed by atoms with van der Waals surface area (Å²) in [7, 11) is 1.72. The number of carbonyl (C=O) groups is 2. The molecule has 1 saturated heterocycles. The molecule has 1 aromatic carbocycles. The van der Waals surface area contributed by atoms with Gasteiger partial charge in [0.15, 0.2) is 5.82 Å². The van der Waals surface area contributed by atoms with Crippen LogP contribution in [0.2, 0.25) is 5.02 Å². The van der Waals surface area contributed by atoms with E-state index in [-0.39, 0.29) is 36.8 Å². The minimum Gasteiger partial charge on any atom is -0.373 e. The van der Waals surface area contributed by atoms with Crippen molar-refractivity contribution >= 4 is 23.4 Å². The van der Waals surface area contributed by atoms with Crippen molar-refractivity contribution in [3.05, 3.63) is 64.3 Å². The molecule has 5 rings (SSSR count). The van der Waals surface area contributed by atoms with Crippen LogP contribution in [-0.2, 0) is 29.5 Å². The zero-order valence-corrected chi connectivity index (χ0v) is 16.9. The van der Waals surface area contributed by atoms with E-state index in [1.165, 1.54) is 6.33 Å². The van der Waals surface area contributed by atoms with Crippen molar-refractivity contribution in [2.24, 2.45) is 7.05 Å². The molecule has 0 aliphatic carbocycles. The molecule has 4 heterocycles. The molecule has 30 heavy (non-hydrogen) atoms. The van der Waals surface area contributed by atoms with Crippen molar-refractivity contribution in [2.45, 2.75) is 31.4 Å². The molecule has 0 unspecified atom stereocenters. The van der Waals surface area contributed by atoms with Crippen molar-refractivity contribution in [1.82, 2.24) is 24.6 Å². The highest BCUT2D eigenvalue weighted by Gasteiger charge is 2.36. The normalized spacial score (nSPS) is 21.3. The first-order chi connectivity index (χ1) is 14.5. The molecule has 0 bridgehead atoms. The van der Waals surface area contributed by atoms with Crippen molar-refractivity contribution in [3.8, 4) is 0 Å². The van der Waals surface area contributed by atoms with Gasteiger partial charge < -0.3 is 13.8 Å². The lowest BCUT2D eigenvalue weighted by atomic mass is 10.0. The van der Waals surface area contributed by atoms with Gasteiger partial charge in [-0.2, -0.15) is 4.98 Å². The van der Waals surface area contributed by atoms with Crippen LogP contribution < -0.4 is 0 Å². The molecule has 10 heteroatoms. The molecule has 2 aliphatic heterocycles. The fourth-order valence-corrected chi connectivity index (χ4v) is 4.00. The quantitative estimate of drug-likeness (QED) is 0.589. The number of aromatic nitrogens is 4. The van der Waals surface area contributed by atoms with E-state index in [0.29, 0.717) is 35.3 Å². The molecule has 0 radical (unpaired) electrons. The average molecular weight is 428 g/mol. The lowest BCUT2D eigenvalue weighted by Gasteiger charge is -2.23. The second-order valence-corrected chi connectivity index (χ2v) is 7.90. The number of hydrogen-bond acceptors (Lipinski definition) is 7. The zero-order chi connectivity index (χ0) is 20.8. The number of imide groups is 1. The number of carbonyl (C=O) groups excluding carboxylic acids is 2. The highest BCUT2D eigenvalue weighted by Crippen LogP contribution is 2.37. The summed E-state index contributed by atoms with van der Waals surface area (Å²) in [6.07, 6.45) is 2.24. The molecule has 2 aromatic heterocycles. The largest absolute Gasteiger partial charge is 0.373 e. The molecule has 154 valence electrons. The number of fused-ring (bicyclic) bond motifs is 1. The van der Waals surface area contributed by atoms with Gasteiger partial charge in [-0.15, -0.1) is 0 Å². The van der Waals surface area contributed by atoms with Crippen LogP contribution in [0.3, 0.4) is 0 Å². The molecule has 3 aromatic rings.